The average Bonchev–Trinajstić information content (AvgIpc) is 3.08. The van der Waals surface area contributed by atoms with Gasteiger partial charge >= 0.3 is 0 Å². The van der Waals surface area contributed by atoms with Crippen molar-refractivity contribution in [2.45, 2.75) is 6.92 Å². The van der Waals surface area contributed by atoms with E-state index in [9.17, 15) is 0 Å². The van der Waals surface area contributed by atoms with Crippen molar-refractivity contribution < 1.29 is 0 Å². The van der Waals surface area contributed by atoms with Crippen molar-refractivity contribution >= 4 is 45.3 Å². The molecule has 0 aliphatic heterocycles. The van der Waals surface area contributed by atoms with Gasteiger partial charge in [0, 0.05) is 19.8 Å². The summed E-state index contributed by atoms with van der Waals surface area (Å²) >= 11 is 6.36. The number of anilines is 3. The maximum atomic E-state index is 6.36. The molecule has 126 valence electrons. The predicted octanol–water partition coefficient (Wildman–Crippen LogP) is 4.65. The van der Waals surface area contributed by atoms with Crippen LogP contribution in [0.5, 0.6) is 0 Å². The number of benzene rings is 2. The summed E-state index contributed by atoms with van der Waals surface area (Å²) in [7, 11) is 4.05. The molecule has 0 saturated heterocycles. The summed E-state index contributed by atoms with van der Waals surface area (Å²) < 4.78 is 2.05. The Morgan fingerprint density at radius 1 is 1.12 bits per heavy atom. The van der Waals surface area contributed by atoms with Gasteiger partial charge in [-0.05, 0) is 36.8 Å². The molecule has 0 unspecified atom stereocenters. The number of aryl methyl sites for hydroxylation is 1. The Labute approximate surface area is 150 Å². The molecule has 0 amide bonds. The summed E-state index contributed by atoms with van der Waals surface area (Å²) in [5.74, 6) is 0.735. The molecular formula is C19H18ClN5. The maximum Gasteiger partial charge on any atom is 0.157 e. The molecule has 4 aromatic rings. The summed E-state index contributed by atoms with van der Waals surface area (Å²) in [6, 6.07) is 12.0. The largest absolute Gasteiger partial charge is 0.378 e. The molecule has 4 rings (SSSR count). The molecule has 0 saturated carbocycles. The lowest BCUT2D eigenvalue weighted by Gasteiger charge is -2.16. The standard InChI is InChI=1S/C19H18ClN5/c1-12-5-4-6-14(20)18(12)23-19-17-10-21-11-25(17)16-9-13(24(2)3)7-8-15(16)22-19/h4-11H,1-3H3,(H,22,23). The molecule has 0 atom stereocenters. The van der Waals surface area contributed by atoms with Crippen LogP contribution < -0.4 is 10.2 Å². The van der Waals surface area contributed by atoms with E-state index in [1.807, 2.05) is 62.2 Å². The van der Waals surface area contributed by atoms with Crippen LogP contribution in [0.3, 0.4) is 0 Å². The second kappa shape index (κ2) is 5.93. The lowest BCUT2D eigenvalue weighted by molar-refractivity contribution is 1.12. The van der Waals surface area contributed by atoms with Gasteiger partial charge in [-0.15, -0.1) is 0 Å². The third-order valence-electron chi connectivity index (χ3n) is 4.31. The van der Waals surface area contributed by atoms with Crippen LogP contribution in [-0.4, -0.2) is 28.5 Å². The monoisotopic (exact) mass is 351 g/mol. The number of fused-ring (bicyclic) bond motifs is 3. The number of hydrogen-bond donors (Lipinski definition) is 1. The second-order valence-electron chi connectivity index (χ2n) is 6.23. The molecule has 0 radical (unpaired) electrons. The van der Waals surface area contributed by atoms with Gasteiger partial charge < -0.3 is 10.2 Å². The maximum absolute atomic E-state index is 6.36. The highest BCUT2D eigenvalue weighted by molar-refractivity contribution is 6.33. The Morgan fingerprint density at radius 2 is 1.96 bits per heavy atom. The molecule has 0 fully saturated rings. The van der Waals surface area contributed by atoms with Crippen LogP contribution in [0.25, 0.3) is 16.6 Å². The normalized spacial score (nSPS) is 11.2. The SMILES string of the molecule is Cc1cccc(Cl)c1Nc1nc2ccc(N(C)C)cc2n2cncc12. The van der Waals surface area contributed by atoms with E-state index in [2.05, 4.69) is 27.3 Å². The Morgan fingerprint density at radius 3 is 2.72 bits per heavy atom. The molecule has 2 aromatic heterocycles. The molecule has 0 spiro atoms. The van der Waals surface area contributed by atoms with Crippen LogP contribution in [0, 0.1) is 6.92 Å². The first-order valence-electron chi connectivity index (χ1n) is 8.00. The highest BCUT2D eigenvalue weighted by atomic mass is 35.5. The highest BCUT2D eigenvalue weighted by Crippen LogP contribution is 2.31. The van der Waals surface area contributed by atoms with Crippen LogP contribution >= 0.6 is 11.6 Å². The van der Waals surface area contributed by atoms with Crippen molar-refractivity contribution in [2.24, 2.45) is 0 Å². The van der Waals surface area contributed by atoms with E-state index in [-0.39, 0.29) is 0 Å². The molecule has 1 N–H and O–H groups in total. The van der Waals surface area contributed by atoms with E-state index in [0.29, 0.717) is 5.02 Å². The first-order valence-corrected chi connectivity index (χ1v) is 8.37. The van der Waals surface area contributed by atoms with Crippen molar-refractivity contribution in [3.63, 3.8) is 0 Å². The smallest absolute Gasteiger partial charge is 0.157 e. The van der Waals surface area contributed by atoms with Gasteiger partial charge in [-0.1, -0.05) is 23.7 Å². The van der Waals surface area contributed by atoms with Gasteiger partial charge in [-0.2, -0.15) is 0 Å². The zero-order valence-electron chi connectivity index (χ0n) is 14.3. The summed E-state index contributed by atoms with van der Waals surface area (Å²) in [6.45, 7) is 2.02. The number of hydrogen-bond acceptors (Lipinski definition) is 4. The topological polar surface area (TPSA) is 45.5 Å². The van der Waals surface area contributed by atoms with E-state index in [4.69, 9.17) is 16.6 Å². The summed E-state index contributed by atoms with van der Waals surface area (Å²) in [6.07, 6.45) is 3.62. The van der Waals surface area contributed by atoms with Crippen LogP contribution in [0.1, 0.15) is 5.56 Å². The second-order valence-corrected chi connectivity index (χ2v) is 6.64. The first kappa shape index (κ1) is 15.7. The number of aromatic nitrogens is 3. The van der Waals surface area contributed by atoms with Gasteiger partial charge in [-0.25, -0.2) is 9.97 Å². The number of rotatable bonds is 3. The fourth-order valence-electron chi connectivity index (χ4n) is 2.92. The van der Waals surface area contributed by atoms with Crippen molar-refractivity contribution in [3.8, 4) is 0 Å². The number of imidazole rings is 1. The summed E-state index contributed by atoms with van der Waals surface area (Å²) in [4.78, 5) is 11.2. The minimum absolute atomic E-state index is 0.669. The van der Waals surface area contributed by atoms with Crippen molar-refractivity contribution in [1.82, 2.24) is 14.4 Å². The molecule has 0 bridgehead atoms. The third-order valence-corrected chi connectivity index (χ3v) is 4.63. The highest BCUT2D eigenvalue weighted by Gasteiger charge is 2.12. The lowest BCUT2D eigenvalue weighted by atomic mass is 10.2. The number of nitrogens with zero attached hydrogens (tertiary/aromatic N) is 4. The Bertz CT molecular complexity index is 1060. The molecule has 2 aromatic carbocycles. The molecule has 0 aliphatic carbocycles. The van der Waals surface area contributed by atoms with E-state index >= 15 is 0 Å². The Kier molecular flexibility index (Phi) is 3.73. The van der Waals surface area contributed by atoms with E-state index in [0.717, 1.165) is 39.3 Å². The van der Waals surface area contributed by atoms with Crippen molar-refractivity contribution in [1.29, 1.82) is 0 Å². The fraction of sp³-hybridized carbons (Fsp3) is 0.158. The Hall–Kier alpha value is -2.79. The van der Waals surface area contributed by atoms with Crippen LogP contribution in [0.2, 0.25) is 5.02 Å². The minimum Gasteiger partial charge on any atom is -0.378 e. The molecule has 6 heteroatoms. The molecule has 2 heterocycles. The molecule has 25 heavy (non-hydrogen) atoms. The first-order chi connectivity index (χ1) is 12.0. The van der Waals surface area contributed by atoms with Crippen molar-refractivity contribution in [3.05, 3.63) is 59.5 Å². The van der Waals surface area contributed by atoms with Crippen molar-refractivity contribution in [2.75, 3.05) is 24.3 Å². The van der Waals surface area contributed by atoms with E-state index in [1.165, 1.54) is 0 Å². The zero-order chi connectivity index (χ0) is 17.6. The van der Waals surface area contributed by atoms with Crippen LogP contribution in [-0.2, 0) is 0 Å². The average molecular weight is 352 g/mol. The molecule has 5 nitrogen and oxygen atoms in total. The summed E-state index contributed by atoms with van der Waals surface area (Å²) in [5, 5.41) is 4.05. The number of nitrogens with one attached hydrogen (secondary N) is 1. The predicted molar refractivity (Wildman–Crippen MR) is 104 cm³/mol. The van der Waals surface area contributed by atoms with Gasteiger partial charge in [0.1, 0.15) is 5.52 Å². The molecule has 0 aliphatic rings. The van der Waals surface area contributed by atoms with Gasteiger partial charge in [0.2, 0.25) is 0 Å². The van der Waals surface area contributed by atoms with Gasteiger partial charge in [-0.3, -0.25) is 4.40 Å². The number of para-hydroxylation sites is 1. The quantitative estimate of drug-likeness (QED) is 0.583. The minimum atomic E-state index is 0.669. The number of halogens is 1. The van der Waals surface area contributed by atoms with Gasteiger partial charge in [0.25, 0.3) is 0 Å². The van der Waals surface area contributed by atoms with E-state index < -0.39 is 0 Å². The third kappa shape index (κ3) is 2.66. The van der Waals surface area contributed by atoms with Crippen LogP contribution in [0.15, 0.2) is 48.9 Å². The van der Waals surface area contributed by atoms with Crippen LogP contribution in [0.4, 0.5) is 17.2 Å². The fourth-order valence-corrected chi connectivity index (χ4v) is 3.19. The summed E-state index contributed by atoms with van der Waals surface area (Å²) in [5.41, 5.74) is 5.86. The Balaban J connectivity index is 1.92. The van der Waals surface area contributed by atoms with Gasteiger partial charge in [0.15, 0.2) is 5.82 Å². The van der Waals surface area contributed by atoms with E-state index in [1.54, 1.807) is 0 Å². The molecular weight excluding hydrogens is 334 g/mol. The lowest BCUT2D eigenvalue weighted by Crippen LogP contribution is -2.09. The zero-order valence-corrected chi connectivity index (χ0v) is 15.0. The van der Waals surface area contributed by atoms with Gasteiger partial charge in [0.05, 0.1) is 34.3 Å².